The number of benzene rings is 2. The molecular formula is C17H7F11N2O3. The Morgan fingerprint density at radius 3 is 1.88 bits per heavy atom. The van der Waals surface area contributed by atoms with E-state index >= 15 is 0 Å². The number of anilines is 1. The summed E-state index contributed by atoms with van der Waals surface area (Å²) in [4.78, 5) is 21.5. The summed E-state index contributed by atoms with van der Waals surface area (Å²) in [5.74, 6) is -3.53. The number of alkyl halides is 10. The quantitative estimate of drug-likeness (QED) is 0.307. The van der Waals surface area contributed by atoms with Crippen molar-refractivity contribution in [2.75, 3.05) is 5.32 Å². The lowest BCUT2D eigenvalue weighted by molar-refractivity contribution is -0.387. The molecular weight excluding hydrogens is 489 g/mol. The molecule has 33 heavy (non-hydrogen) atoms. The first-order valence-electron chi connectivity index (χ1n) is 8.10. The molecule has 0 spiro atoms. The maximum absolute atomic E-state index is 14.1. The first-order valence-corrected chi connectivity index (χ1v) is 8.10. The molecule has 2 aromatic rings. The second kappa shape index (κ2) is 8.15. The van der Waals surface area contributed by atoms with Gasteiger partial charge in [0.15, 0.2) is 0 Å². The molecule has 16 heteroatoms. The Kier molecular flexibility index (Phi) is 6.37. The summed E-state index contributed by atoms with van der Waals surface area (Å²) in [5.41, 5.74) is -14.9. The highest BCUT2D eigenvalue weighted by Gasteiger charge is 2.73. The number of nitro benzene ring substituents is 1. The van der Waals surface area contributed by atoms with Crippen molar-refractivity contribution < 1.29 is 58.0 Å². The lowest BCUT2D eigenvalue weighted by Gasteiger charge is -2.31. The first kappa shape index (κ1) is 25.8. The molecule has 2 aromatic carbocycles. The van der Waals surface area contributed by atoms with E-state index in [4.69, 9.17) is 0 Å². The maximum atomic E-state index is 14.1. The third-order valence-corrected chi connectivity index (χ3v) is 4.17. The highest BCUT2D eigenvalue weighted by Crippen LogP contribution is 2.54. The van der Waals surface area contributed by atoms with E-state index in [1.165, 1.54) is 5.32 Å². The lowest BCUT2D eigenvalue weighted by atomic mass is 9.92. The van der Waals surface area contributed by atoms with Crippen LogP contribution in [-0.4, -0.2) is 23.2 Å². The van der Waals surface area contributed by atoms with E-state index in [0.29, 0.717) is 12.1 Å². The van der Waals surface area contributed by atoms with Crippen molar-refractivity contribution >= 4 is 17.3 Å². The molecule has 0 aliphatic carbocycles. The zero-order chi connectivity index (χ0) is 25.6. The smallest absolute Gasteiger partial charge is 0.321 e. The Hall–Kier alpha value is -3.46. The van der Waals surface area contributed by atoms with Crippen molar-refractivity contribution in [1.29, 1.82) is 0 Å². The van der Waals surface area contributed by atoms with Crippen LogP contribution in [0.3, 0.4) is 0 Å². The van der Waals surface area contributed by atoms with Crippen LogP contribution >= 0.6 is 0 Å². The Morgan fingerprint density at radius 1 is 0.879 bits per heavy atom. The van der Waals surface area contributed by atoms with Crippen LogP contribution in [0.25, 0.3) is 0 Å². The molecule has 0 unspecified atom stereocenters. The fourth-order valence-electron chi connectivity index (χ4n) is 2.62. The van der Waals surface area contributed by atoms with Crippen LogP contribution in [0.15, 0.2) is 36.4 Å². The zero-order valence-corrected chi connectivity index (χ0v) is 15.3. The summed E-state index contributed by atoms with van der Waals surface area (Å²) in [6.07, 6.45) is -19.1. The molecule has 0 bridgehead atoms. The number of hydrogen-bond donors (Lipinski definition) is 1. The number of nitrogens with zero attached hydrogens (tertiary/aromatic N) is 1. The second-order valence-corrected chi connectivity index (χ2v) is 6.26. The summed E-state index contributed by atoms with van der Waals surface area (Å²) in [6.45, 7) is 0. The topological polar surface area (TPSA) is 72.2 Å². The number of halogens is 11. The molecule has 0 radical (unpaired) electrons. The maximum Gasteiger partial charge on any atom is 0.435 e. The molecule has 0 fully saturated rings. The zero-order valence-electron chi connectivity index (χ0n) is 15.3. The minimum absolute atomic E-state index is 0.100. The number of carbonyl (C=O) groups excluding carboxylic acids is 1. The Bertz CT molecular complexity index is 1080. The van der Waals surface area contributed by atoms with E-state index in [9.17, 15) is 63.2 Å². The first-order chi connectivity index (χ1) is 14.8. The summed E-state index contributed by atoms with van der Waals surface area (Å²) in [7, 11) is 0. The number of nitrogens with one attached hydrogen (secondary N) is 1. The van der Waals surface area contributed by atoms with Gasteiger partial charge in [-0.05, 0) is 18.2 Å². The summed E-state index contributed by atoms with van der Waals surface area (Å²) in [6, 6.07) is 0.803. The van der Waals surface area contributed by atoms with Crippen molar-refractivity contribution in [2.24, 2.45) is 0 Å². The molecule has 1 N–H and O–H groups in total. The van der Waals surface area contributed by atoms with Crippen molar-refractivity contribution in [2.45, 2.75) is 24.2 Å². The number of rotatable bonds is 4. The third kappa shape index (κ3) is 4.68. The molecule has 0 aliphatic heterocycles. The van der Waals surface area contributed by atoms with Gasteiger partial charge in [-0.2, -0.15) is 43.9 Å². The van der Waals surface area contributed by atoms with Gasteiger partial charge in [0.05, 0.1) is 21.7 Å². The summed E-state index contributed by atoms with van der Waals surface area (Å²) >= 11 is 0. The van der Waals surface area contributed by atoms with Gasteiger partial charge in [0.1, 0.15) is 0 Å². The van der Waals surface area contributed by atoms with Crippen LogP contribution in [-0.2, 0) is 11.8 Å². The predicted molar refractivity (Wildman–Crippen MR) is 87.3 cm³/mol. The van der Waals surface area contributed by atoms with Gasteiger partial charge in [0.2, 0.25) is 5.82 Å². The van der Waals surface area contributed by atoms with Crippen molar-refractivity contribution in [3.8, 4) is 0 Å². The summed E-state index contributed by atoms with van der Waals surface area (Å²) in [5, 5.41) is 12.1. The molecule has 5 nitrogen and oxygen atoms in total. The number of carbonyl (C=O) groups is 1. The standard InChI is InChI=1S/C17H7F11N2O3/c18-12-8(2-1-3-11(12)30(32)33)13(31)29-10-5-4-7(6-9(10)15(20,21)22)14(19,16(23,24)25)17(26,27)28/h1-6H,(H,29,31). The highest BCUT2D eigenvalue weighted by atomic mass is 19.4. The SMILES string of the molecule is O=C(Nc1ccc(C(F)(C(F)(F)F)C(F)(F)F)cc1C(F)(F)F)c1cccc([N+](=O)[O-])c1F. The lowest BCUT2D eigenvalue weighted by Crippen LogP contribution is -2.50. The number of hydrogen-bond acceptors (Lipinski definition) is 3. The van der Waals surface area contributed by atoms with Gasteiger partial charge in [0, 0.05) is 11.6 Å². The van der Waals surface area contributed by atoms with E-state index < -0.39 is 75.0 Å². The third-order valence-electron chi connectivity index (χ3n) is 4.17. The van der Waals surface area contributed by atoms with Gasteiger partial charge in [-0.15, -0.1) is 0 Å². The Balaban J connectivity index is 2.63. The number of amides is 1. The second-order valence-electron chi connectivity index (χ2n) is 6.26. The van der Waals surface area contributed by atoms with Crippen LogP contribution in [0.2, 0.25) is 0 Å². The molecule has 0 heterocycles. The van der Waals surface area contributed by atoms with Crippen molar-refractivity contribution in [1.82, 2.24) is 0 Å². The average Bonchev–Trinajstić information content (AvgIpc) is 2.64. The molecule has 0 atom stereocenters. The number of nitro groups is 1. The van der Waals surface area contributed by atoms with E-state index in [0.717, 1.165) is 6.07 Å². The van der Waals surface area contributed by atoms with Gasteiger partial charge < -0.3 is 5.32 Å². The monoisotopic (exact) mass is 496 g/mol. The van der Waals surface area contributed by atoms with Gasteiger partial charge in [-0.3, -0.25) is 14.9 Å². The van der Waals surface area contributed by atoms with Crippen LogP contribution in [0.4, 0.5) is 59.7 Å². The largest absolute Gasteiger partial charge is 0.435 e. The normalized spacial score (nSPS) is 13.1. The average molecular weight is 496 g/mol. The molecule has 0 aromatic heterocycles. The predicted octanol–water partition coefficient (Wildman–Crippen LogP) is 6.29. The van der Waals surface area contributed by atoms with Crippen LogP contribution in [0.1, 0.15) is 21.5 Å². The minimum atomic E-state index is -6.70. The Labute approximate surface area is 174 Å². The van der Waals surface area contributed by atoms with Crippen molar-refractivity contribution in [3.63, 3.8) is 0 Å². The minimum Gasteiger partial charge on any atom is -0.321 e. The highest BCUT2D eigenvalue weighted by molar-refractivity contribution is 6.05. The van der Waals surface area contributed by atoms with Gasteiger partial charge >= 0.3 is 29.9 Å². The Morgan fingerprint density at radius 2 is 1.42 bits per heavy atom. The van der Waals surface area contributed by atoms with Crippen LogP contribution in [0.5, 0.6) is 0 Å². The molecule has 0 saturated carbocycles. The molecule has 1 amide bonds. The molecule has 180 valence electrons. The van der Waals surface area contributed by atoms with E-state index in [-0.39, 0.29) is 12.1 Å². The van der Waals surface area contributed by atoms with Crippen LogP contribution in [0, 0.1) is 15.9 Å². The fraction of sp³-hybridized carbons (Fsp3) is 0.235. The molecule has 2 rings (SSSR count). The van der Waals surface area contributed by atoms with Gasteiger partial charge in [-0.1, -0.05) is 12.1 Å². The van der Waals surface area contributed by atoms with E-state index in [1.54, 1.807) is 0 Å². The van der Waals surface area contributed by atoms with Crippen LogP contribution < -0.4 is 5.32 Å². The molecule has 0 saturated heterocycles. The van der Waals surface area contributed by atoms with E-state index in [2.05, 4.69) is 0 Å². The fourth-order valence-corrected chi connectivity index (χ4v) is 2.62. The van der Waals surface area contributed by atoms with Gasteiger partial charge in [0.25, 0.3) is 5.91 Å². The summed E-state index contributed by atoms with van der Waals surface area (Å²) < 4.78 is 145. The van der Waals surface area contributed by atoms with E-state index in [1.807, 2.05) is 0 Å². The molecule has 0 aliphatic rings. The van der Waals surface area contributed by atoms with Gasteiger partial charge in [-0.25, -0.2) is 4.39 Å². The van der Waals surface area contributed by atoms with Crippen molar-refractivity contribution in [3.05, 3.63) is 69.0 Å².